The Balaban J connectivity index is 0.953. The molecule has 0 atom stereocenters. The number of hydrogen-bond acceptors (Lipinski definition) is 0. The van der Waals surface area contributed by atoms with Crippen LogP contribution in [0.15, 0.2) is 158 Å². The predicted octanol–water partition coefficient (Wildman–Crippen LogP) is 17.1. The average Bonchev–Trinajstić information content (AvgIpc) is 3.88. The van der Waals surface area contributed by atoms with Crippen LogP contribution < -0.4 is 0 Å². The molecule has 0 aromatic heterocycles. The van der Waals surface area contributed by atoms with Gasteiger partial charge < -0.3 is 0 Å². The standard InChI is InChI=1S/C64H50/c1-61(2)47-15-11-9-13-43(47)57-51(61)29-31-53-59(57)45-33-37(21-27-49(45)63(53,5)6)39-23-17-35-20-26-42-40(24-18-36-19-25-41(39)55(35)56(36)42)38-22-28-50-46(34-38)60-54(64(50,7)8)32-30-52-58(60)44-14-10-12-16-48(44)62(52,3)4/h9-34H,1-8H3. The molecule has 4 aliphatic carbocycles. The summed E-state index contributed by atoms with van der Waals surface area (Å²) in [5, 5.41) is 7.93. The van der Waals surface area contributed by atoms with Crippen LogP contribution in [0.5, 0.6) is 0 Å². The molecule has 0 heterocycles. The Kier molecular flexibility index (Phi) is 6.69. The van der Waals surface area contributed by atoms with Gasteiger partial charge in [-0.15, -0.1) is 0 Å². The largest absolute Gasteiger partial charge is 0.0619 e. The molecule has 10 aromatic rings. The van der Waals surface area contributed by atoms with E-state index in [0.717, 1.165) is 0 Å². The summed E-state index contributed by atoms with van der Waals surface area (Å²) in [4.78, 5) is 0. The normalized spacial score (nSPS) is 16.9. The second kappa shape index (κ2) is 11.7. The zero-order valence-electron chi connectivity index (χ0n) is 38.0. The summed E-state index contributed by atoms with van der Waals surface area (Å²) in [6.07, 6.45) is 0. The fourth-order valence-corrected chi connectivity index (χ4v) is 13.7. The molecule has 14 rings (SSSR count). The van der Waals surface area contributed by atoms with Gasteiger partial charge in [-0.05, 0) is 156 Å². The van der Waals surface area contributed by atoms with E-state index in [4.69, 9.17) is 0 Å². The van der Waals surface area contributed by atoms with Crippen molar-refractivity contribution in [1.82, 2.24) is 0 Å². The summed E-state index contributed by atoms with van der Waals surface area (Å²) in [5.41, 5.74) is 27.6. The van der Waals surface area contributed by atoms with Gasteiger partial charge in [-0.2, -0.15) is 0 Å². The molecule has 0 fully saturated rings. The first-order valence-corrected chi connectivity index (χ1v) is 23.3. The SMILES string of the molecule is CC1(C)c2ccccc2-c2c1ccc1c2-c2cc(-c3ccc4ccc5c(-c6ccc7c(c6)-c6c(ccc8c6-c6ccccc6C8(C)C)C7(C)C)ccc6ccc3c4c65)ccc2C1(C)C. The lowest BCUT2D eigenvalue weighted by Crippen LogP contribution is -2.17. The Labute approximate surface area is 376 Å². The number of fused-ring (bicyclic) bond motifs is 14. The van der Waals surface area contributed by atoms with Crippen LogP contribution in [0.3, 0.4) is 0 Å². The molecule has 0 bridgehead atoms. The summed E-state index contributed by atoms with van der Waals surface area (Å²) in [5.74, 6) is 0. The summed E-state index contributed by atoms with van der Waals surface area (Å²) in [7, 11) is 0. The highest BCUT2D eigenvalue weighted by atomic mass is 14.5. The first-order chi connectivity index (χ1) is 30.8. The van der Waals surface area contributed by atoms with E-state index in [9.17, 15) is 0 Å². The molecule has 0 radical (unpaired) electrons. The molecular formula is C64H50. The van der Waals surface area contributed by atoms with E-state index in [0.29, 0.717) is 0 Å². The summed E-state index contributed by atoms with van der Waals surface area (Å²) in [6, 6.07) is 61.6. The van der Waals surface area contributed by atoms with Crippen molar-refractivity contribution < 1.29 is 0 Å². The average molecular weight is 819 g/mol. The first-order valence-electron chi connectivity index (χ1n) is 23.3. The van der Waals surface area contributed by atoms with Crippen molar-refractivity contribution >= 4 is 32.3 Å². The minimum absolute atomic E-state index is 0.0410. The molecule has 10 aromatic carbocycles. The monoisotopic (exact) mass is 818 g/mol. The zero-order valence-corrected chi connectivity index (χ0v) is 38.0. The molecule has 4 aliphatic rings. The Bertz CT molecular complexity index is 3520. The molecule has 0 nitrogen and oxygen atoms in total. The van der Waals surface area contributed by atoms with Gasteiger partial charge in [0.25, 0.3) is 0 Å². The lowest BCUT2D eigenvalue weighted by Gasteiger charge is -2.24. The maximum atomic E-state index is 2.52. The van der Waals surface area contributed by atoms with Gasteiger partial charge in [-0.3, -0.25) is 0 Å². The second-order valence-corrected chi connectivity index (χ2v) is 21.6. The van der Waals surface area contributed by atoms with Crippen molar-refractivity contribution in [3.63, 3.8) is 0 Å². The lowest BCUT2D eigenvalue weighted by molar-refractivity contribution is 0.651. The van der Waals surface area contributed by atoms with Crippen LogP contribution in [0.2, 0.25) is 0 Å². The molecule has 0 heteroatoms. The van der Waals surface area contributed by atoms with Crippen molar-refractivity contribution in [1.29, 1.82) is 0 Å². The van der Waals surface area contributed by atoms with Crippen LogP contribution in [0.4, 0.5) is 0 Å². The minimum Gasteiger partial charge on any atom is -0.0619 e. The Hall–Kier alpha value is -6.76. The zero-order chi connectivity index (χ0) is 43.4. The van der Waals surface area contributed by atoms with Gasteiger partial charge in [0.15, 0.2) is 0 Å². The molecule has 0 aliphatic heterocycles. The van der Waals surface area contributed by atoms with Gasteiger partial charge in [-0.25, -0.2) is 0 Å². The maximum absolute atomic E-state index is 2.52. The highest BCUT2D eigenvalue weighted by molar-refractivity contribution is 6.27. The fourth-order valence-electron chi connectivity index (χ4n) is 13.7. The van der Waals surface area contributed by atoms with Crippen LogP contribution in [0.25, 0.3) is 99.1 Å². The fraction of sp³-hybridized carbons (Fsp3) is 0.188. The number of hydrogen-bond donors (Lipinski definition) is 0. The molecular weight excluding hydrogens is 769 g/mol. The van der Waals surface area contributed by atoms with Crippen molar-refractivity contribution in [2.45, 2.75) is 77.0 Å². The van der Waals surface area contributed by atoms with E-state index in [1.54, 1.807) is 0 Å². The van der Waals surface area contributed by atoms with Crippen molar-refractivity contribution in [2.24, 2.45) is 0 Å². The Morgan fingerprint density at radius 1 is 0.250 bits per heavy atom. The van der Waals surface area contributed by atoms with Crippen molar-refractivity contribution in [2.75, 3.05) is 0 Å². The summed E-state index contributed by atoms with van der Waals surface area (Å²) in [6.45, 7) is 19.2. The van der Waals surface area contributed by atoms with E-state index in [1.807, 2.05) is 0 Å². The molecule has 64 heavy (non-hydrogen) atoms. The molecule has 0 unspecified atom stereocenters. The minimum atomic E-state index is -0.0878. The van der Waals surface area contributed by atoms with E-state index < -0.39 is 0 Å². The maximum Gasteiger partial charge on any atom is 0.0159 e. The summed E-state index contributed by atoms with van der Waals surface area (Å²) >= 11 is 0. The van der Waals surface area contributed by atoms with Crippen molar-refractivity contribution in [3.8, 4) is 66.8 Å². The molecule has 0 spiro atoms. The van der Waals surface area contributed by atoms with Crippen LogP contribution in [0, 0.1) is 0 Å². The van der Waals surface area contributed by atoms with Crippen LogP contribution in [-0.4, -0.2) is 0 Å². The van der Waals surface area contributed by atoms with Gasteiger partial charge in [0, 0.05) is 21.7 Å². The van der Waals surface area contributed by atoms with Gasteiger partial charge in [0.1, 0.15) is 0 Å². The van der Waals surface area contributed by atoms with E-state index in [-0.39, 0.29) is 21.7 Å². The second-order valence-electron chi connectivity index (χ2n) is 21.6. The van der Waals surface area contributed by atoms with Gasteiger partial charge in [-0.1, -0.05) is 201 Å². The van der Waals surface area contributed by atoms with Gasteiger partial charge in [0.05, 0.1) is 0 Å². The van der Waals surface area contributed by atoms with Gasteiger partial charge >= 0.3 is 0 Å². The quantitative estimate of drug-likeness (QED) is 0.152. The molecule has 0 saturated heterocycles. The highest BCUT2D eigenvalue weighted by Crippen LogP contribution is 2.61. The Morgan fingerprint density at radius 3 is 0.953 bits per heavy atom. The smallest absolute Gasteiger partial charge is 0.0159 e. The summed E-state index contributed by atoms with van der Waals surface area (Å²) < 4.78 is 0. The third-order valence-electron chi connectivity index (χ3n) is 17.1. The van der Waals surface area contributed by atoms with E-state index >= 15 is 0 Å². The van der Waals surface area contributed by atoms with Crippen molar-refractivity contribution in [3.05, 3.63) is 202 Å². The predicted molar refractivity (Wildman–Crippen MR) is 271 cm³/mol. The third kappa shape index (κ3) is 4.26. The van der Waals surface area contributed by atoms with Crippen LogP contribution in [-0.2, 0) is 21.7 Å². The number of rotatable bonds is 2. The van der Waals surface area contributed by atoms with Crippen LogP contribution in [0.1, 0.15) is 99.9 Å². The van der Waals surface area contributed by atoms with E-state index in [1.165, 1.54) is 144 Å². The van der Waals surface area contributed by atoms with Gasteiger partial charge in [0.2, 0.25) is 0 Å². The lowest BCUT2D eigenvalue weighted by atomic mass is 9.79. The first kappa shape index (κ1) is 36.7. The third-order valence-corrected chi connectivity index (χ3v) is 17.1. The molecule has 0 saturated carbocycles. The molecule has 306 valence electrons. The Morgan fingerprint density at radius 2 is 0.562 bits per heavy atom. The topological polar surface area (TPSA) is 0 Å². The molecule has 0 amide bonds. The molecule has 0 N–H and O–H groups in total. The van der Waals surface area contributed by atoms with Crippen LogP contribution >= 0.6 is 0 Å². The highest BCUT2D eigenvalue weighted by Gasteiger charge is 2.45. The number of benzene rings is 10. The van der Waals surface area contributed by atoms with E-state index in [2.05, 4.69) is 213 Å².